The van der Waals surface area contributed by atoms with Gasteiger partial charge in [-0.15, -0.1) is 0 Å². The number of nitrogens with one attached hydrogen (secondary N) is 2. The third kappa shape index (κ3) is 3.91. The van der Waals surface area contributed by atoms with E-state index < -0.39 is 12.1 Å². The lowest BCUT2D eigenvalue weighted by atomic mass is 10.1. The zero-order valence-electron chi connectivity index (χ0n) is 15.8. The second-order valence-corrected chi connectivity index (χ2v) is 6.49. The number of anilines is 1. The van der Waals surface area contributed by atoms with E-state index in [0.29, 0.717) is 29.2 Å². The molecule has 3 aromatic carbocycles. The predicted molar refractivity (Wildman–Crippen MR) is 109 cm³/mol. The second-order valence-electron chi connectivity index (χ2n) is 6.49. The van der Waals surface area contributed by atoms with E-state index in [1.165, 1.54) is 0 Å². The molecule has 146 valence electrons. The Kier molecular flexibility index (Phi) is 5.16. The average Bonchev–Trinajstić information content (AvgIpc) is 2.75. The molecule has 6 heteroatoms. The Morgan fingerprint density at radius 1 is 0.931 bits per heavy atom. The number of rotatable bonds is 5. The molecule has 1 amide bonds. The molecular formula is C23H20N2O4. The van der Waals surface area contributed by atoms with Crippen LogP contribution in [0.25, 0.3) is 0 Å². The van der Waals surface area contributed by atoms with Crippen LogP contribution in [0.2, 0.25) is 0 Å². The highest BCUT2D eigenvalue weighted by Crippen LogP contribution is 2.33. The largest absolute Gasteiger partial charge is 0.490 e. The number of para-hydroxylation sites is 1. The summed E-state index contributed by atoms with van der Waals surface area (Å²) in [5.41, 5.74) is 2.61. The van der Waals surface area contributed by atoms with Gasteiger partial charge in [-0.1, -0.05) is 36.4 Å². The standard InChI is InChI=1S/C23H20N2O4/c1-2-28-20-14-16(21-24-18-11-7-6-10-17(18)22(26)25-21)12-13-19(20)29-23(27)15-8-4-3-5-9-15/h3-14,21,24H,2H2,1H3,(H,25,26). The van der Waals surface area contributed by atoms with Crippen molar-refractivity contribution in [3.63, 3.8) is 0 Å². The van der Waals surface area contributed by atoms with Crippen molar-refractivity contribution in [1.82, 2.24) is 5.32 Å². The summed E-state index contributed by atoms with van der Waals surface area (Å²) in [6.45, 7) is 2.26. The quantitative estimate of drug-likeness (QED) is 0.507. The summed E-state index contributed by atoms with van der Waals surface area (Å²) in [4.78, 5) is 24.8. The Hall–Kier alpha value is -3.80. The monoisotopic (exact) mass is 388 g/mol. The number of hydrogen-bond acceptors (Lipinski definition) is 5. The predicted octanol–water partition coefficient (Wildman–Crippen LogP) is 4.16. The maximum Gasteiger partial charge on any atom is 0.343 e. The number of fused-ring (bicyclic) bond motifs is 1. The van der Waals surface area contributed by atoms with Gasteiger partial charge in [0.15, 0.2) is 11.5 Å². The first-order valence-corrected chi connectivity index (χ1v) is 9.36. The summed E-state index contributed by atoms with van der Waals surface area (Å²) in [7, 11) is 0. The van der Waals surface area contributed by atoms with Gasteiger partial charge in [0.25, 0.3) is 5.91 Å². The van der Waals surface area contributed by atoms with E-state index in [9.17, 15) is 9.59 Å². The molecule has 0 saturated heterocycles. The summed E-state index contributed by atoms with van der Waals surface area (Å²) in [6.07, 6.45) is -0.421. The van der Waals surface area contributed by atoms with Gasteiger partial charge in [0.1, 0.15) is 6.17 Å². The molecular weight excluding hydrogens is 368 g/mol. The molecule has 1 aliphatic heterocycles. The minimum Gasteiger partial charge on any atom is -0.490 e. The van der Waals surface area contributed by atoms with Crippen molar-refractivity contribution in [2.24, 2.45) is 0 Å². The van der Waals surface area contributed by atoms with Crippen LogP contribution >= 0.6 is 0 Å². The molecule has 0 saturated carbocycles. The molecule has 0 radical (unpaired) electrons. The third-order valence-electron chi connectivity index (χ3n) is 4.56. The Labute approximate surface area is 168 Å². The number of carbonyl (C=O) groups is 2. The second kappa shape index (κ2) is 8.06. The summed E-state index contributed by atoms with van der Waals surface area (Å²) < 4.78 is 11.2. The van der Waals surface area contributed by atoms with Gasteiger partial charge < -0.3 is 20.1 Å². The van der Waals surface area contributed by atoms with Crippen LogP contribution in [-0.4, -0.2) is 18.5 Å². The fourth-order valence-electron chi connectivity index (χ4n) is 3.16. The van der Waals surface area contributed by atoms with Crippen molar-refractivity contribution in [2.75, 3.05) is 11.9 Å². The third-order valence-corrected chi connectivity index (χ3v) is 4.56. The topological polar surface area (TPSA) is 76.7 Å². The molecule has 1 heterocycles. The van der Waals surface area contributed by atoms with E-state index >= 15 is 0 Å². The number of amides is 1. The fourth-order valence-corrected chi connectivity index (χ4v) is 3.16. The summed E-state index contributed by atoms with van der Waals surface area (Å²) >= 11 is 0. The highest BCUT2D eigenvalue weighted by atomic mass is 16.6. The van der Waals surface area contributed by atoms with Crippen LogP contribution in [0.15, 0.2) is 72.8 Å². The van der Waals surface area contributed by atoms with Crippen LogP contribution < -0.4 is 20.1 Å². The normalized spacial score (nSPS) is 14.9. The van der Waals surface area contributed by atoms with E-state index in [0.717, 1.165) is 11.3 Å². The van der Waals surface area contributed by atoms with Crippen LogP contribution in [0.3, 0.4) is 0 Å². The van der Waals surface area contributed by atoms with Crippen molar-refractivity contribution in [3.8, 4) is 11.5 Å². The Bertz CT molecular complexity index is 1050. The Balaban J connectivity index is 1.59. The smallest absolute Gasteiger partial charge is 0.343 e. The molecule has 1 aliphatic rings. The van der Waals surface area contributed by atoms with Gasteiger partial charge in [-0.05, 0) is 48.9 Å². The van der Waals surface area contributed by atoms with Crippen LogP contribution in [0.1, 0.15) is 39.4 Å². The number of benzene rings is 3. The van der Waals surface area contributed by atoms with Gasteiger partial charge >= 0.3 is 5.97 Å². The van der Waals surface area contributed by atoms with Gasteiger partial charge in [-0.25, -0.2) is 4.79 Å². The number of ether oxygens (including phenoxy) is 2. The van der Waals surface area contributed by atoms with E-state index in [1.807, 2.05) is 31.2 Å². The lowest BCUT2D eigenvalue weighted by Crippen LogP contribution is -2.38. The van der Waals surface area contributed by atoms with Crippen molar-refractivity contribution in [3.05, 3.63) is 89.5 Å². The molecule has 6 nitrogen and oxygen atoms in total. The molecule has 0 aromatic heterocycles. The van der Waals surface area contributed by atoms with Gasteiger partial charge in [-0.2, -0.15) is 0 Å². The first kappa shape index (κ1) is 18.6. The van der Waals surface area contributed by atoms with Crippen molar-refractivity contribution >= 4 is 17.6 Å². The molecule has 1 atom stereocenters. The lowest BCUT2D eigenvalue weighted by Gasteiger charge is -2.28. The van der Waals surface area contributed by atoms with Crippen molar-refractivity contribution in [2.45, 2.75) is 13.1 Å². The van der Waals surface area contributed by atoms with Crippen molar-refractivity contribution < 1.29 is 19.1 Å². The van der Waals surface area contributed by atoms with Crippen LogP contribution in [-0.2, 0) is 0 Å². The fraction of sp³-hybridized carbons (Fsp3) is 0.130. The van der Waals surface area contributed by atoms with Crippen LogP contribution in [0.5, 0.6) is 11.5 Å². The zero-order valence-corrected chi connectivity index (χ0v) is 15.8. The average molecular weight is 388 g/mol. The molecule has 0 aliphatic carbocycles. The van der Waals surface area contributed by atoms with Gasteiger partial charge in [-0.3, -0.25) is 4.79 Å². The van der Waals surface area contributed by atoms with E-state index in [4.69, 9.17) is 9.47 Å². The summed E-state index contributed by atoms with van der Waals surface area (Å²) in [6, 6.07) is 21.3. The van der Waals surface area contributed by atoms with E-state index in [1.54, 1.807) is 48.5 Å². The molecule has 29 heavy (non-hydrogen) atoms. The number of hydrogen-bond donors (Lipinski definition) is 2. The van der Waals surface area contributed by atoms with Gasteiger partial charge in [0, 0.05) is 5.69 Å². The zero-order chi connectivity index (χ0) is 20.2. The first-order chi connectivity index (χ1) is 14.2. The molecule has 0 spiro atoms. The molecule has 0 fully saturated rings. The molecule has 2 N–H and O–H groups in total. The number of esters is 1. The molecule has 1 unspecified atom stereocenters. The molecule has 3 aromatic rings. The Morgan fingerprint density at radius 2 is 1.69 bits per heavy atom. The molecule has 0 bridgehead atoms. The van der Waals surface area contributed by atoms with Crippen LogP contribution in [0.4, 0.5) is 5.69 Å². The highest BCUT2D eigenvalue weighted by molar-refractivity contribution is 6.01. The summed E-state index contributed by atoms with van der Waals surface area (Å²) in [5, 5.41) is 6.23. The minimum absolute atomic E-state index is 0.151. The maximum absolute atomic E-state index is 12.4. The maximum atomic E-state index is 12.4. The lowest BCUT2D eigenvalue weighted by molar-refractivity contribution is 0.0728. The highest BCUT2D eigenvalue weighted by Gasteiger charge is 2.25. The van der Waals surface area contributed by atoms with Crippen LogP contribution in [0, 0.1) is 0 Å². The first-order valence-electron chi connectivity index (χ1n) is 9.36. The van der Waals surface area contributed by atoms with E-state index in [2.05, 4.69) is 10.6 Å². The SMILES string of the molecule is CCOc1cc(C2NC(=O)c3ccccc3N2)ccc1OC(=O)c1ccccc1. The van der Waals surface area contributed by atoms with E-state index in [-0.39, 0.29) is 5.91 Å². The number of carbonyl (C=O) groups excluding carboxylic acids is 2. The minimum atomic E-state index is -0.461. The molecule has 4 rings (SSSR count). The van der Waals surface area contributed by atoms with Gasteiger partial charge in [0.05, 0.1) is 17.7 Å². The Morgan fingerprint density at radius 3 is 2.48 bits per heavy atom. The van der Waals surface area contributed by atoms with Crippen molar-refractivity contribution in [1.29, 1.82) is 0 Å². The summed E-state index contributed by atoms with van der Waals surface area (Å²) in [5.74, 6) is 0.149. The van der Waals surface area contributed by atoms with Gasteiger partial charge in [0.2, 0.25) is 0 Å².